The number of hydrogen-bond acceptors (Lipinski definition) is 3. The van der Waals surface area contributed by atoms with Crippen LogP contribution in [0.2, 0.25) is 10.0 Å². The van der Waals surface area contributed by atoms with Crippen LogP contribution in [0.1, 0.15) is 28.8 Å². The van der Waals surface area contributed by atoms with Crippen molar-refractivity contribution in [1.29, 1.82) is 0 Å². The molecule has 5 nitrogen and oxygen atoms in total. The third-order valence-corrected chi connectivity index (χ3v) is 3.86. The first-order chi connectivity index (χ1) is 12.0. The molecule has 132 valence electrons. The topological polar surface area (TPSA) is 67.4 Å². The van der Waals surface area contributed by atoms with E-state index in [1.54, 1.807) is 6.07 Å². The van der Waals surface area contributed by atoms with E-state index in [-0.39, 0.29) is 22.9 Å². The molecule has 0 bridgehead atoms. The molecular formula is C18H18Cl2N2O3. The zero-order valence-corrected chi connectivity index (χ0v) is 15.2. The van der Waals surface area contributed by atoms with E-state index < -0.39 is 5.91 Å². The Hall–Kier alpha value is -2.24. The maximum absolute atomic E-state index is 12.0. The van der Waals surface area contributed by atoms with Gasteiger partial charge < -0.3 is 4.74 Å². The first-order valence-electron chi connectivity index (χ1n) is 7.69. The van der Waals surface area contributed by atoms with Crippen molar-refractivity contribution in [2.24, 2.45) is 0 Å². The van der Waals surface area contributed by atoms with Crippen molar-refractivity contribution < 1.29 is 14.3 Å². The van der Waals surface area contributed by atoms with Gasteiger partial charge >= 0.3 is 0 Å². The van der Waals surface area contributed by atoms with Gasteiger partial charge in [-0.15, -0.1) is 0 Å². The summed E-state index contributed by atoms with van der Waals surface area (Å²) < 4.78 is 5.56. The Balaban J connectivity index is 1.70. The van der Waals surface area contributed by atoms with Crippen LogP contribution in [0, 0.1) is 6.92 Å². The Kier molecular flexibility index (Phi) is 7.10. The fourth-order valence-corrected chi connectivity index (χ4v) is 2.43. The van der Waals surface area contributed by atoms with E-state index in [1.165, 1.54) is 12.1 Å². The number of ether oxygens (including phenoxy) is 1. The number of carbonyl (C=O) groups excluding carboxylic acids is 2. The zero-order valence-electron chi connectivity index (χ0n) is 13.6. The van der Waals surface area contributed by atoms with Gasteiger partial charge in [-0.25, -0.2) is 0 Å². The van der Waals surface area contributed by atoms with Crippen LogP contribution >= 0.6 is 23.2 Å². The summed E-state index contributed by atoms with van der Waals surface area (Å²) in [6.45, 7) is 2.39. The van der Waals surface area contributed by atoms with Gasteiger partial charge in [0, 0.05) is 11.4 Å². The van der Waals surface area contributed by atoms with E-state index in [9.17, 15) is 9.59 Å². The summed E-state index contributed by atoms with van der Waals surface area (Å²) in [6.07, 6.45) is 0.739. The van der Waals surface area contributed by atoms with E-state index in [0.29, 0.717) is 18.1 Å². The number of halogens is 2. The van der Waals surface area contributed by atoms with Crippen molar-refractivity contribution in [2.75, 3.05) is 6.61 Å². The molecule has 0 saturated heterocycles. The number of hydrogen-bond donors (Lipinski definition) is 2. The van der Waals surface area contributed by atoms with Crippen molar-refractivity contribution >= 4 is 35.0 Å². The van der Waals surface area contributed by atoms with Crippen molar-refractivity contribution in [3.05, 3.63) is 63.6 Å². The van der Waals surface area contributed by atoms with Crippen LogP contribution in [0.25, 0.3) is 0 Å². The SMILES string of the molecule is Cc1cccc(OCCCC(=O)NNC(=O)c2cc(Cl)ccc2Cl)c1. The molecule has 2 rings (SSSR count). The molecule has 0 unspecified atom stereocenters. The number of nitrogens with one attached hydrogen (secondary N) is 2. The monoisotopic (exact) mass is 380 g/mol. The van der Waals surface area contributed by atoms with Crippen LogP contribution in [0.3, 0.4) is 0 Å². The largest absolute Gasteiger partial charge is 0.494 e. The zero-order chi connectivity index (χ0) is 18.2. The lowest BCUT2D eigenvalue weighted by Crippen LogP contribution is -2.41. The highest BCUT2D eigenvalue weighted by molar-refractivity contribution is 6.35. The number of aryl methyl sites for hydroxylation is 1. The average molecular weight is 381 g/mol. The maximum Gasteiger partial charge on any atom is 0.271 e. The van der Waals surface area contributed by atoms with E-state index in [4.69, 9.17) is 27.9 Å². The van der Waals surface area contributed by atoms with Gasteiger partial charge in [0.1, 0.15) is 5.75 Å². The fourth-order valence-electron chi connectivity index (χ4n) is 2.06. The van der Waals surface area contributed by atoms with Crippen molar-refractivity contribution in [2.45, 2.75) is 19.8 Å². The van der Waals surface area contributed by atoms with Crippen LogP contribution in [0.4, 0.5) is 0 Å². The van der Waals surface area contributed by atoms with Crippen LogP contribution in [-0.2, 0) is 4.79 Å². The second kappa shape index (κ2) is 9.30. The molecule has 0 spiro atoms. The Morgan fingerprint density at radius 3 is 2.64 bits per heavy atom. The van der Waals surface area contributed by atoms with Gasteiger partial charge in [0.15, 0.2) is 0 Å². The third-order valence-electron chi connectivity index (χ3n) is 3.29. The highest BCUT2D eigenvalue weighted by Gasteiger charge is 2.12. The first kappa shape index (κ1) is 19.1. The lowest BCUT2D eigenvalue weighted by atomic mass is 10.2. The smallest absolute Gasteiger partial charge is 0.271 e. The molecule has 25 heavy (non-hydrogen) atoms. The molecule has 0 aliphatic rings. The first-order valence-corrected chi connectivity index (χ1v) is 8.45. The van der Waals surface area contributed by atoms with E-state index in [0.717, 1.165) is 11.3 Å². The molecule has 0 radical (unpaired) electrons. The summed E-state index contributed by atoms with van der Waals surface area (Å²) in [5.74, 6) is -0.0829. The Morgan fingerprint density at radius 2 is 1.88 bits per heavy atom. The van der Waals surface area contributed by atoms with Gasteiger partial charge in [-0.1, -0.05) is 35.3 Å². The molecule has 0 saturated carbocycles. The minimum absolute atomic E-state index is 0.192. The molecule has 0 aliphatic heterocycles. The molecule has 2 aromatic rings. The number of rotatable bonds is 6. The summed E-state index contributed by atoms with van der Waals surface area (Å²) in [5.41, 5.74) is 5.95. The van der Waals surface area contributed by atoms with Crippen LogP contribution in [0.15, 0.2) is 42.5 Å². The van der Waals surface area contributed by atoms with Gasteiger partial charge in [0.05, 0.1) is 17.2 Å². The Morgan fingerprint density at radius 1 is 1.08 bits per heavy atom. The quantitative estimate of drug-likeness (QED) is 0.589. The minimum Gasteiger partial charge on any atom is -0.494 e. The second-order valence-corrected chi connectivity index (χ2v) is 6.24. The second-order valence-electron chi connectivity index (χ2n) is 5.39. The number of carbonyl (C=O) groups is 2. The van der Waals surface area contributed by atoms with Crippen molar-refractivity contribution in [1.82, 2.24) is 10.9 Å². The highest BCUT2D eigenvalue weighted by atomic mass is 35.5. The van der Waals surface area contributed by atoms with Gasteiger partial charge in [-0.3, -0.25) is 20.4 Å². The summed E-state index contributed by atoms with van der Waals surface area (Å²) in [6, 6.07) is 12.2. The lowest BCUT2D eigenvalue weighted by Gasteiger charge is -2.09. The maximum atomic E-state index is 12.0. The number of hydrazine groups is 1. The lowest BCUT2D eigenvalue weighted by molar-refractivity contribution is -0.122. The third kappa shape index (κ3) is 6.29. The van der Waals surface area contributed by atoms with Crippen LogP contribution < -0.4 is 15.6 Å². The van der Waals surface area contributed by atoms with Crippen molar-refractivity contribution in [3.63, 3.8) is 0 Å². The molecule has 7 heteroatoms. The minimum atomic E-state index is -0.531. The molecule has 0 atom stereocenters. The fraction of sp³-hybridized carbons (Fsp3) is 0.222. The van der Waals surface area contributed by atoms with Gasteiger partial charge in [-0.2, -0.15) is 0 Å². The normalized spacial score (nSPS) is 10.2. The summed E-state index contributed by atoms with van der Waals surface area (Å²) in [4.78, 5) is 23.7. The van der Waals surface area contributed by atoms with E-state index in [2.05, 4.69) is 10.9 Å². The molecule has 2 N–H and O–H groups in total. The Bertz CT molecular complexity index is 766. The van der Waals surface area contributed by atoms with Crippen LogP contribution in [-0.4, -0.2) is 18.4 Å². The number of benzene rings is 2. The van der Waals surface area contributed by atoms with E-state index >= 15 is 0 Å². The Labute approximate surface area is 156 Å². The predicted octanol–water partition coefficient (Wildman–Crippen LogP) is 3.92. The molecule has 2 aromatic carbocycles. The molecule has 0 heterocycles. The van der Waals surface area contributed by atoms with Gasteiger partial charge in [0.25, 0.3) is 5.91 Å². The van der Waals surface area contributed by atoms with Gasteiger partial charge in [-0.05, 0) is 49.2 Å². The van der Waals surface area contributed by atoms with Gasteiger partial charge in [0.2, 0.25) is 5.91 Å². The molecule has 2 amide bonds. The average Bonchev–Trinajstić information content (AvgIpc) is 2.59. The summed E-state index contributed by atoms with van der Waals surface area (Å²) in [5, 5.41) is 0.636. The highest BCUT2D eigenvalue weighted by Crippen LogP contribution is 2.20. The standard InChI is InChI=1S/C18H18Cl2N2O3/c1-12-4-2-5-14(10-12)25-9-3-6-17(23)21-22-18(24)15-11-13(19)7-8-16(15)20/h2,4-5,7-8,10-11H,3,6,9H2,1H3,(H,21,23)(H,22,24). The molecule has 0 aliphatic carbocycles. The number of amides is 2. The predicted molar refractivity (Wildman–Crippen MR) is 98.0 cm³/mol. The summed E-state index contributed by atoms with van der Waals surface area (Å²) >= 11 is 11.8. The molecular weight excluding hydrogens is 363 g/mol. The van der Waals surface area contributed by atoms with Crippen molar-refractivity contribution in [3.8, 4) is 5.75 Å². The molecule has 0 fully saturated rings. The van der Waals surface area contributed by atoms with Crippen LogP contribution in [0.5, 0.6) is 5.75 Å². The van der Waals surface area contributed by atoms with E-state index in [1.807, 2.05) is 31.2 Å². The summed E-state index contributed by atoms with van der Waals surface area (Å²) in [7, 11) is 0. The molecule has 0 aromatic heterocycles.